The van der Waals surface area contributed by atoms with Crippen molar-refractivity contribution >= 4 is 17.5 Å². The monoisotopic (exact) mass is 263 g/mol. The normalized spacial score (nSPS) is 15.5. The fraction of sp³-hybridized carbons (Fsp3) is 0.417. The second kappa shape index (κ2) is 5.66. The number of carbonyl (C=O) groups is 2. The molecule has 1 unspecified atom stereocenters. The summed E-state index contributed by atoms with van der Waals surface area (Å²) in [6, 6.07) is 1.22. The van der Waals surface area contributed by atoms with E-state index in [1.807, 2.05) is 0 Å². The van der Waals surface area contributed by atoms with Crippen molar-refractivity contribution in [1.29, 1.82) is 0 Å². The van der Waals surface area contributed by atoms with E-state index in [9.17, 15) is 9.59 Å². The molecule has 1 aromatic heterocycles. The summed E-state index contributed by atoms with van der Waals surface area (Å²) >= 11 is 0. The van der Waals surface area contributed by atoms with Crippen molar-refractivity contribution in [2.45, 2.75) is 31.8 Å². The zero-order valence-electron chi connectivity index (χ0n) is 10.6. The van der Waals surface area contributed by atoms with Crippen molar-refractivity contribution in [3.8, 4) is 0 Å². The van der Waals surface area contributed by atoms with Crippen LogP contribution in [0.3, 0.4) is 0 Å². The first-order valence-corrected chi connectivity index (χ1v) is 6.13. The molecule has 19 heavy (non-hydrogen) atoms. The number of nitrogen functional groups attached to an aromatic ring is 1. The van der Waals surface area contributed by atoms with Gasteiger partial charge in [0.15, 0.2) is 0 Å². The van der Waals surface area contributed by atoms with Gasteiger partial charge in [0, 0.05) is 12.2 Å². The fourth-order valence-electron chi connectivity index (χ4n) is 1.60. The highest BCUT2D eigenvalue weighted by Gasteiger charge is 2.26. The van der Waals surface area contributed by atoms with Crippen molar-refractivity contribution in [3.05, 3.63) is 24.0 Å². The molecule has 1 heterocycles. The lowest BCUT2D eigenvalue weighted by molar-refractivity contribution is -0.122. The van der Waals surface area contributed by atoms with E-state index in [0.717, 1.165) is 12.8 Å². The van der Waals surface area contributed by atoms with Crippen LogP contribution in [0.25, 0.3) is 0 Å². The van der Waals surface area contributed by atoms with Crippen LogP contribution >= 0.6 is 0 Å². The van der Waals surface area contributed by atoms with E-state index in [1.165, 1.54) is 18.5 Å². The van der Waals surface area contributed by atoms with Gasteiger partial charge in [-0.3, -0.25) is 20.4 Å². The van der Waals surface area contributed by atoms with Gasteiger partial charge in [0.05, 0.1) is 17.4 Å². The van der Waals surface area contributed by atoms with Crippen LogP contribution in [-0.4, -0.2) is 28.9 Å². The van der Waals surface area contributed by atoms with Crippen LogP contribution in [0.15, 0.2) is 18.5 Å². The maximum absolute atomic E-state index is 12.0. The summed E-state index contributed by atoms with van der Waals surface area (Å²) in [6.07, 6.45) is 4.96. The molecule has 2 rings (SSSR count). The first-order chi connectivity index (χ1) is 9.11. The summed E-state index contributed by atoms with van der Waals surface area (Å²) in [5, 5.41) is 5.46. The lowest BCUT2D eigenvalue weighted by Crippen LogP contribution is -2.45. The molecule has 5 N–H and O–H groups in total. The molecule has 2 amide bonds. The first kappa shape index (κ1) is 13.3. The van der Waals surface area contributed by atoms with Crippen molar-refractivity contribution < 1.29 is 9.59 Å². The van der Waals surface area contributed by atoms with E-state index in [1.54, 1.807) is 6.92 Å². The Balaban J connectivity index is 1.97. The lowest BCUT2D eigenvalue weighted by atomic mass is 10.2. The molecule has 1 atom stereocenters. The maximum atomic E-state index is 12.0. The van der Waals surface area contributed by atoms with Crippen LogP contribution in [0.2, 0.25) is 0 Å². The van der Waals surface area contributed by atoms with E-state index < -0.39 is 6.04 Å². The molecule has 0 aliphatic heterocycles. The Hall–Kier alpha value is -2.15. The van der Waals surface area contributed by atoms with Crippen molar-refractivity contribution in [2.75, 3.05) is 5.43 Å². The summed E-state index contributed by atoms with van der Waals surface area (Å²) in [5.74, 6) is 4.76. The van der Waals surface area contributed by atoms with Gasteiger partial charge in [-0.2, -0.15) is 0 Å². The van der Waals surface area contributed by atoms with Gasteiger partial charge in [0.1, 0.15) is 6.04 Å². The Morgan fingerprint density at radius 3 is 2.84 bits per heavy atom. The van der Waals surface area contributed by atoms with Crippen LogP contribution < -0.4 is 21.9 Å². The Kier molecular flexibility index (Phi) is 3.96. The molecule has 102 valence electrons. The fourth-order valence-corrected chi connectivity index (χ4v) is 1.60. The van der Waals surface area contributed by atoms with E-state index in [-0.39, 0.29) is 17.9 Å². The summed E-state index contributed by atoms with van der Waals surface area (Å²) < 4.78 is 0. The van der Waals surface area contributed by atoms with Crippen LogP contribution in [-0.2, 0) is 4.79 Å². The standard InChI is InChI=1S/C12H17N5O2/c1-7(11(18)16-8-2-3-8)15-12(19)9-4-5-14-6-10(9)17-13/h4-8,17H,2-3,13H2,1H3,(H,15,19)(H,16,18). The van der Waals surface area contributed by atoms with Gasteiger partial charge >= 0.3 is 0 Å². The molecule has 0 bridgehead atoms. The van der Waals surface area contributed by atoms with E-state index >= 15 is 0 Å². The van der Waals surface area contributed by atoms with Gasteiger partial charge in [-0.25, -0.2) is 0 Å². The molecule has 0 radical (unpaired) electrons. The number of rotatable bonds is 5. The summed E-state index contributed by atoms with van der Waals surface area (Å²) in [6.45, 7) is 1.65. The van der Waals surface area contributed by atoms with Crippen molar-refractivity contribution in [1.82, 2.24) is 15.6 Å². The Labute approximate surface area is 110 Å². The van der Waals surface area contributed by atoms with Gasteiger partial charge in [-0.1, -0.05) is 0 Å². The number of amides is 2. The van der Waals surface area contributed by atoms with Gasteiger partial charge in [-0.15, -0.1) is 0 Å². The molecule has 7 nitrogen and oxygen atoms in total. The Morgan fingerprint density at radius 2 is 2.21 bits per heavy atom. The number of anilines is 1. The summed E-state index contributed by atoms with van der Waals surface area (Å²) in [4.78, 5) is 27.6. The van der Waals surface area contributed by atoms with Crippen molar-refractivity contribution in [2.24, 2.45) is 5.84 Å². The van der Waals surface area contributed by atoms with Crippen LogP contribution in [0.5, 0.6) is 0 Å². The quantitative estimate of drug-likeness (QED) is 0.433. The highest BCUT2D eigenvalue weighted by molar-refractivity contribution is 6.01. The van der Waals surface area contributed by atoms with Crippen LogP contribution in [0.1, 0.15) is 30.1 Å². The number of hydrogen-bond acceptors (Lipinski definition) is 5. The minimum Gasteiger partial charge on any atom is -0.352 e. The molecule has 7 heteroatoms. The van der Waals surface area contributed by atoms with Gasteiger partial charge < -0.3 is 16.1 Å². The van der Waals surface area contributed by atoms with E-state index in [4.69, 9.17) is 5.84 Å². The van der Waals surface area contributed by atoms with Crippen molar-refractivity contribution in [3.63, 3.8) is 0 Å². The third-order valence-corrected chi connectivity index (χ3v) is 2.89. The van der Waals surface area contributed by atoms with Crippen LogP contribution in [0.4, 0.5) is 5.69 Å². The largest absolute Gasteiger partial charge is 0.352 e. The smallest absolute Gasteiger partial charge is 0.254 e. The Morgan fingerprint density at radius 1 is 1.47 bits per heavy atom. The van der Waals surface area contributed by atoms with Gasteiger partial charge in [0.25, 0.3) is 5.91 Å². The summed E-state index contributed by atoms with van der Waals surface area (Å²) in [7, 11) is 0. The minimum absolute atomic E-state index is 0.174. The number of aromatic nitrogens is 1. The molecule has 0 aromatic carbocycles. The topological polar surface area (TPSA) is 109 Å². The number of nitrogens with two attached hydrogens (primary N) is 1. The number of nitrogens with zero attached hydrogens (tertiary/aromatic N) is 1. The first-order valence-electron chi connectivity index (χ1n) is 6.13. The SMILES string of the molecule is CC(NC(=O)c1ccncc1NN)C(=O)NC1CC1. The molecule has 0 spiro atoms. The number of hydrogen-bond donors (Lipinski definition) is 4. The maximum Gasteiger partial charge on any atom is 0.254 e. The Bertz CT molecular complexity index is 487. The average Bonchev–Trinajstić information content (AvgIpc) is 3.22. The molecule has 0 saturated heterocycles. The zero-order valence-corrected chi connectivity index (χ0v) is 10.6. The number of hydrazine groups is 1. The molecule has 1 aromatic rings. The molecule has 1 fully saturated rings. The number of carbonyl (C=O) groups excluding carboxylic acids is 2. The molecule has 1 aliphatic carbocycles. The van der Waals surface area contributed by atoms with E-state index in [0.29, 0.717) is 11.3 Å². The molecule has 1 saturated carbocycles. The third-order valence-electron chi connectivity index (χ3n) is 2.89. The lowest BCUT2D eigenvalue weighted by Gasteiger charge is -2.15. The highest BCUT2D eigenvalue weighted by atomic mass is 16.2. The van der Waals surface area contributed by atoms with Crippen LogP contribution in [0, 0.1) is 0 Å². The summed E-state index contributed by atoms with van der Waals surface area (Å²) in [5.41, 5.74) is 3.16. The molecular weight excluding hydrogens is 246 g/mol. The number of pyridine rings is 1. The molecular formula is C12H17N5O2. The second-order valence-electron chi connectivity index (χ2n) is 4.54. The van der Waals surface area contributed by atoms with E-state index in [2.05, 4.69) is 21.0 Å². The highest BCUT2D eigenvalue weighted by Crippen LogP contribution is 2.18. The average molecular weight is 263 g/mol. The van der Waals surface area contributed by atoms with Gasteiger partial charge in [0.2, 0.25) is 5.91 Å². The predicted octanol–water partition coefficient (Wildman–Crippen LogP) is -0.236. The zero-order chi connectivity index (χ0) is 13.8. The number of nitrogens with one attached hydrogen (secondary N) is 3. The second-order valence-corrected chi connectivity index (χ2v) is 4.54. The third kappa shape index (κ3) is 3.41. The minimum atomic E-state index is -0.591. The van der Waals surface area contributed by atoms with Gasteiger partial charge in [-0.05, 0) is 25.8 Å². The molecule has 1 aliphatic rings. The predicted molar refractivity (Wildman–Crippen MR) is 70.1 cm³/mol.